The lowest BCUT2D eigenvalue weighted by Crippen LogP contribution is -2.33. The quantitative estimate of drug-likeness (QED) is 0.640. The molecule has 0 heterocycles. The molecule has 0 aliphatic heterocycles. The van der Waals surface area contributed by atoms with Gasteiger partial charge in [-0.05, 0) is 23.8 Å². The minimum absolute atomic E-state index is 0.197. The fraction of sp³-hybridized carbons (Fsp3) is 0.0667. The van der Waals surface area contributed by atoms with Crippen LogP contribution in [0, 0.1) is 0 Å². The van der Waals surface area contributed by atoms with Gasteiger partial charge in [-0.15, -0.1) is 0 Å². The van der Waals surface area contributed by atoms with E-state index < -0.39 is 17.9 Å². The van der Waals surface area contributed by atoms with Crippen molar-refractivity contribution in [1.29, 1.82) is 0 Å². The normalized spacial score (nSPS) is 11.6. The first-order valence-corrected chi connectivity index (χ1v) is 6.09. The molecule has 2 rings (SSSR count). The van der Waals surface area contributed by atoms with Gasteiger partial charge in [0.2, 0.25) is 0 Å². The van der Waals surface area contributed by atoms with E-state index in [2.05, 4.69) is 5.32 Å². The van der Waals surface area contributed by atoms with Crippen LogP contribution in [-0.2, 0) is 4.79 Å². The van der Waals surface area contributed by atoms with Crippen molar-refractivity contribution in [2.24, 2.45) is 0 Å². The number of rotatable bonds is 4. The zero-order valence-electron chi connectivity index (χ0n) is 10.9. The van der Waals surface area contributed by atoms with E-state index in [0.29, 0.717) is 5.56 Å². The van der Waals surface area contributed by atoms with Gasteiger partial charge in [-0.25, -0.2) is 4.79 Å². The Labute approximate surface area is 120 Å². The third-order valence-corrected chi connectivity index (χ3v) is 2.88. The first-order valence-electron chi connectivity index (χ1n) is 6.09. The molecule has 2 aromatic rings. The van der Waals surface area contributed by atoms with Crippen molar-refractivity contribution in [2.75, 3.05) is 0 Å². The van der Waals surface area contributed by atoms with Crippen LogP contribution in [0.5, 0.6) is 11.5 Å². The molecule has 6 heteroatoms. The Balaban J connectivity index is 2.27. The highest BCUT2D eigenvalue weighted by Crippen LogP contribution is 2.23. The van der Waals surface area contributed by atoms with Crippen molar-refractivity contribution < 1.29 is 24.9 Å². The van der Waals surface area contributed by atoms with Crippen molar-refractivity contribution in [2.45, 2.75) is 6.04 Å². The fourth-order valence-electron chi connectivity index (χ4n) is 1.85. The van der Waals surface area contributed by atoms with Crippen LogP contribution in [0.3, 0.4) is 0 Å². The third-order valence-electron chi connectivity index (χ3n) is 2.88. The monoisotopic (exact) mass is 287 g/mol. The summed E-state index contributed by atoms with van der Waals surface area (Å²) in [6.45, 7) is 0. The van der Waals surface area contributed by atoms with Gasteiger partial charge in [-0.3, -0.25) is 4.79 Å². The molecule has 0 radical (unpaired) electrons. The summed E-state index contributed by atoms with van der Waals surface area (Å²) in [7, 11) is 0. The number of aromatic hydroxyl groups is 2. The molecule has 0 aromatic heterocycles. The number of carbonyl (C=O) groups is 2. The Morgan fingerprint density at radius 3 is 2.29 bits per heavy atom. The van der Waals surface area contributed by atoms with Crippen molar-refractivity contribution in [3.05, 3.63) is 59.7 Å². The van der Waals surface area contributed by atoms with Crippen molar-refractivity contribution in [3.63, 3.8) is 0 Å². The molecule has 108 valence electrons. The Morgan fingerprint density at radius 2 is 1.67 bits per heavy atom. The molecular formula is C15H13NO5. The van der Waals surface area contributed by atoms with E-state index in [9.17, 15) is 24.9 Å². The van der Waals surface area contributed by atoms with E-state index in [1.165, 1.54) is 6.07 Å². The number of carboxylic acid groups (broad SMARTS) is 1. The molecule has 2 aromatic carbocycles. The van der Waals surface area contributed by atoms with E-state index in [0.717, 1.165) is 12.1 Å². The molecule has 0 aliphatic carbocycles. The second-order valence-corrected chi connectivity index (χ2v) is 4.36. The van der Waals surface area contributed by atoms with E-state index in [1.807, 2.05) is 0 Å². The maximum absolute atomic E-state index is 12.1. The summed E-state index contributed by atoms with van der Waals surface area (Å²) in [6.07, 6.45) is 0. The highest BCUT2D eigenvalue weighted by molar-refractivity contribution is 5.99. The summed E-state index contributed by atoms with van der Waals surface area (Å²) in [6, 6.07) is 10.4. The Kier molecular flexibility index (Phi) is 4.08. The number of benzene rings is 2. The zero-order valence-corrected chi connectivity index (χ0v) is 10.9. The van der Waals surface area contributed by atoms with Gasteiger partial charge in [0.25, 0.3) is 5.91 Å². The minimum atomic E-state index is -1.25. The molecule has 0 spiro atoms. The summed E-state index contributed by atoms with van der Waals surface area (Å²) < 4.78 is 0. The molecule has 6 nitrogen and oxygen atoms in total. The lowest BCUT2D eigenvalue weighted by Gasteiger charge is -2.15. The number of carboxylic acids is 1. The van der Waals surface area contributed by atoms with Crippen LogP contribution in [0.25, 0.3) is 0 Å². The number of phenols is 2. The van der Waals surface area contributed by atoms with Crippen LogP contribution in [0.1, 0.15) is 22.0 Å². The predicted molar refractivity (Wildman–Crippen MR) is 74.1 cm³/mol. The highest BCUT2D eigenvalue weighted by atomic mass is 16.4. The smallest absolute Gasteiger partial charge is 0.330 e. The first kappa shape index (κ1) is 14.4. The van der Waals surface area contributed by atoms with Gasteiger partial charge in [0.15, 0.2) is 6.04 Å². The van der Waals surface area contributed by atoms with Gasteiger partial charge in [-0.2, -0.15) is 0 Å². The van der Waals surface area contributed by atoms with E-state index in [4.69, 9.17) is 0 Å². The number of hydrogen-bond donors (Lipinski definition) is 4. The Bertz CT molecular complexity index is 669. The second-order valence-electron chi connectivity index (χ2n) is 4.36. The molecule has 0 unspecified atom stereocenters. The van der Waals surface area contributed by atoms with Crippen molar-refractivity contribution in [3.8, 4) is 11.5 Å². The summed E-state index contributed by atoms with van der Waals surface area (Å²) >= 11 is 0. The Hall–Kier alpha value is -3.02. The fourth-order valence-corrected chi connectivity index (χ4v) is 1.85. The number of amides is 1. The average Bonchev–Trinajstić information content (AvgIpc) is 2.47. The van der Waals surface area contributed by atoms with Crippen LogP contribution in [-0.4, -0.2) is 27.2 Å². The summed E-state index contributed by atoms with van der Waals surface area (Å²) in [4.78, 5) is 23.4. The molecule has 0 bridgehead atoms. The number of nitrogens with one attached hydrogen (secondary N) is 1. The zero-order chi connectivity index (χ0) is 15.4. The second kappa shape index (κ2) is 5.96. The molecule has 0 aliphatic rings. The van der Waals surface area contributed by atoms with Gasteiger partial charge < -0.3 is 20.6 Å². The van der Waals surface area contributed by atoms with Crippen LogP contribution in [0.4, 0.5) is 0 Å². The molecule has 0 saturated carbocycles. The molecule has 0 fully saturated rings. The standard InChI is InChI=1S/C15H13NO5/c17-10-6-7-12(18)11(8-10)14(19)16-13(15(20)21)9-4-2-1-3-5-9/h1-8,13,17-18H,(H,16,19)(H,20,21)/t13-/m1/s1. The lowest BCUT2D eigenvalue weighted by molar-refractivity contribution is -0.139. The molecule has 1 amide bonds. The lowest BCUT2D eigenvalue weighted by atomic mass is 10.1. The average molecular weight is 287 g/mol. The number of phenolic OH excluding ortho intramolecular Hbond substituents is 2. The Morgan fingerprint density at radius 1 is 1.00 bits per heavy atom. The van der Waals surface area contributed by atoms with Gasteiger partial charge in [-0.1, -0.05) is 30.3 Å². The maximum Gasteiger partial charge on any atom is 0.330 e. The van der Waals surface area contributed by atoms with Gasteiger partial charge >= 0.3 is 5.97 Å². The van der Waals surface area contributed by atoms with Crippen molar-refractivity contribution in [1.82, 2.24) is 5.32 Å². The molecule has 0 saturated heterocycles. The van der Waals surface area contributed by atoms with Crippen LogP contribution in [0.2, 0.25) is 0 Å². The maximum atomic E-state index is 12.1. The van der Waals surface area contributed by atoms with Crippen LogP contribution in [0.15, 0.2) is 48.5 Å². The van der Waals surface area contributed by atoms with E-state index >= 15 is 0 Å². The van der Waals surface area contributed by atoms with E-state index in [1.54, 1.807) is 30.3 Å². The molecule has 21 heavy (non-hydrogen) atoms. The number of aliphatic carboxylic acids is 1. The SMILES string of the molecule is O=C(N[C@@H](C(=O)O)c1ccccc1)c1cc(O)ccc1O. The minimum Gasteiger partial charge on any atom is -0.508 e. The molecular weight excluding hydrogens is 274 g/mol. The summed E-state index contributed by atoms with van der Waals surface area (Å²) in [5.74, 6) is -2.57. The van der Waals surface area contributed by atoms with Crippen LogP contribution < -0.4 is 5.32 Å². The van der Waals surface area contributed by atoms with Gasteiger partial charge in [0.1, 0.15) is 11.5 Å². The third kappa shape index (κ3) is 3.30. The summed E-state index contributed by atoms with van der Waals surface area (Å²) in [5, 5.41) is 30.5. The summed E-state index contributed by atoms with van der Waals surface area (Å²) in [5.41, 5.74) is 0.204. The highest BCUT2D eigenvalue weighted by Gasteiger charge is 2.23. The molecule has 1 atom stereocenters. The number of carbonyl (C=O) groups excluding carboxylic acids is 1. The topological polar surface area (TPSA) is 107 Å². The molecule has 4 N–H and O–H groups in total. The van der Waals surface area contributed by atoms with Gasteiger partial charge in [0.05, 0.1) is 5.56 Å². The van der Waals surface area contributed by atoms with Crippen LogP contribution >= 0.6 is 0 Å². The van der Waals surface area contributed by atoms with Crippen molar-refractivity contribution >= 4 is 11.9 Å². The number of hydrogen-bond acceptors (Lipinski definition) is 4. The van der Waals surface area contributed by atoms with E-state index in [-0.39, 0.29) is 17.1 Å². The van der Waals surface area contributed by atoms with Gasteiger partial charge in [0, 0.05) is 0 Å². The predicted octanol–water partition coefficient (Wildman–Crippen LogP) is 1.65. The first-order chi connectivity index (χ1) is 9.99. The largest absolute Gasteiger partial charge is 0.508 e.